The number of aromatic nitrogens is 1. The molecule has 1 aromatic heterocycles. The summed E-state index contributed by atoms with van der Waals surface area (Å²) in [5.41, 5.74) is 2.39. The molecule has 0 atom stereocenters. The van der Waals surface area contributed by atoms with Gasteiger partial charge in [-0.25, -0.2) is 4.39 Å². The van der Waals surface area contributed by atoms with Crippen LogP contribution < -0.4 is 0 Å². The molecule has 3 rings (SSSR count). The summed E-state index contributed by atoms with van der Waals surface area (Å²) in [4.78, 5) is 3.12. The molecule has 2 aromatic rings. The zero-order valence-corrected chi connectivity index (χ0v) is 12.7. The Morgan fingerprint density at radius 2 is 1.80 bits per heavy atom. The molecule has 1 aliphatic rings. The summed E-state index contributed by atoms with van der Waals surface area (Å²) in [6.07, 6.45) is 7.05. The van der Waals surface area contributed by atoms with Crippen molar-refractivity contribution in [3.05, 3.63) is 35.8 Å². The Kier molecular flexibility index (Phi) is 3.35. The largest absolute Gasteiger partial charge is 0.359 e. The zero-order valence-electron chi connectivity index (χ0n) is 12.7. The minimum Gasteiger partial charge on any atom is -0.359 e. The van der Waals surface area contributed by atoms with E-state index in [2.05, 4.69) is 25.8 Å². The lowest BCUT2D eigenvalue weighted by molar-refractivity contribution is 0.169. The van der Waals surface area contributed by atoms with Crippen LogP contribution in [0.2, 0.25) is 0 Å². The van der Waals surface area contributed by atoms with Gasteiger partial charge in [0.25, 0.3) is 0 Å². The first-order valence-corrected chi connectivity index (χ1v) is 7.72. The predicted molar refractivity (Wildman–Crippen MR) is 82.4 cm³/mol. The van der Waals surface area contributed by atoms with E-state index in [1.807, 2.05) is 18.3 Å². The highest BCUT2D eigenvalue weighted by Gasteiger charge is 2.31. The lowest BCUT2D eigenvalue weighted by atomic mass is 9.68. The van der Waals surface area contributed by atoms with Crippen molar-refractivity contribution in [2.24, 2.45) is 11.3 Å². The van der Waals surface area contributed by atoms with Gasteiger partial charge in [0.05, 0.1) is 5.52 Å². The fraction of sp³-hybridized carbons (Fsp3) is 0.556. The maximum Gasteiger partial charge on any atom is 0.147 e. The third-order valence-corrected chi connectivity index (χ3v) is 5.09. The maximum atomic E-state index is 13.8. The molecule has 0 saturated heterocycles. The molecule has 0 unspecified atom stereocenters. The highest BCUT2D eigenvalue weighted by atomic mass is 19.1. The van der Waals surface area contributed by atoms with Crippen molar-refractivity contribution < 1.29 is 4.39 Å². The first-order chi connectivity index (χ1) is 9.47. The molecule has 0 spiro atoms. The molecule has 1 fully saturated rings. The number of halogens is 1. The molecule has 1 aromatic carbocycles. The molecule has 1 N–H and O–H groups in total. The number of fused-ring (bicyclic) bond motifs is 1. The molecule has 1 aliphatic carbocycles. The van der Waals surface area contributed by atoms with Gasteiger partial charge in [-0.2, -0.15) is 0 Å². The number of para-hydroxylation sites is 1. The molecule has 0 radical (unpaired) electrons. The zero-order chi connectivity index (χ0) is 14.3. The maximum absolute atomic E-state index is 13.8. The lowest BCUT2D eigenvalue weighted by Crippen LogP contribution is -2.25. The fourth-order valence-electron chi connectivity index (χ4n) is 3.75. The first-order valence-electron chi connectivity index (χ1n) is 7.72. The second-order valence-electron chi connectivity index (χ2n) is 7.32. The van der Waals surface area contributed by atoms with Gasteiger partial charge in [-0.05, 0) is 54.6 Å². The number of hydrogen-bond donors (Lipinski definition) is 1. The van der Waals surface area contributed by atoms with Crippen molar-refractivity contribution in [3.8, 4) is 0 Å². The van der Waals surface area contributed by atoms with Crippen LogP contribution in [-0.4, -0.2) is 4.98 Å². The first kappa shape index (κ1) is 13.7. The standard InChI is InChI=1S/C18H24FN/c1-18(2,3)13-9-7-12(8-10-13)15-11-20-17-14(15)5-4-6-16(17)19/h4-6,11-13,20H,7-10H2,1-3H3. The molecular weight excluding hydrogens is 249 g/mol. The predicted octanol–water partition coefficient (Wildman–Crippen LogP) is 5.63. The smallest absolute Gasteiger partial charge is 0.147 e. The van der Waals surface area contributed by atoms with Crippen LogP contribution in [0, 0.1) is 17.2 Å². The summed E-state index contributed by atoms with van der Waals surface area (Å²) in [6, 6.07) is 5.38. The van der Waals surface area contributed by atoms with Crippen molar-refractivity contribution in [2.75, 3.05) is 0 Å². The minimum atomic E-state index is -0.142. The summed E-state index contributed by atoms with van der Waals surface area (Å²) in [5, 5.41) is 1.07. The summed E-state index contributed by atoms with van der Waals surface area (Å²) in [7, 11) is 0. The van der Waals surface area contributed by atoms with Crippen LogP contribution in [0.15, 0.2) is 24.4 Å². The molecule has 0 bridgehead atoms. The van der Waals surface area contributed by atoms with E-state index < -0.39 is 0 Å². The number of H-pyrrole nitrogens is 1. The molecule has 0 amide bonds. The summed E-state index contributed by atoms with van der Waals surface area (Å²) in [5.74, 6) is 1.27. The fourth-order valence-corrected chi connectivity index (χ4v) is 3.75. The summed E-state index contributed by atoms with van der Waals surface area (Å²) >= 11 is 0. The van der Waals surface area contributed by atoms with Gasteiger partial charge in [-0.15, -0.1) is 0 Å². The third-order valence-electron chi connectivity index (χ3n) is 5.09. The van der Waals surface area contributed by atoms with Crippen molar-refractivity contribution in [2.45, 2.75) is 52.4 Å². The average Bonchev–Trinajstić information content (AvgIpc) is 2.83. The Hall–Kier alpha value is -1.31. The number of aromatic amines is 1. The molecule has 108 valence electrons. The van der Waals surface area contributed by atoms with E-state index in [-0.39, 0.29) is 5.82 Å². The van der Waals surface area contributed by atoms with Crippen LogP contribution in [0.5, 0.6) is 0 Å². The van der Waals surface area contributed by atoms with E-state index in [4.69, 9.17) is 0 Å². The van der Waals surface area contributed by atoms with Crippen LogP contribution in [0.25, 0.3) is 10.9 Å². The summed E-state index contributed by atoms with van der Waals surface area (Å²) in [6.45, 7) is 7.04. The van der Waals surface area contributed by atoms with E-state index in [0.717, 1.165) is 11.3 Å². The highest BCUT2D eigenvalue weighted by molar-refractivity contribution is 5.84. The second kappa shape index (κ2) is 4.91. The quantitative estimate of drug-likeness (QED) is 0.693. The second-order valence-corrected chi connectivity index (χ2v) is 7.32. The lowest BCUT2D eigenvalue weighted by Gasteiger charge is -2.37. The van der Waals surface area contributed by atoms with E-state index in [9.17, 15) is 4.39 Å². The average molecular weight is 273 g/mol. The SMILES string of the molecule is CC(C)(C)C1CCC(c2c[nH]c3c(F)cccc23)CC1. The van der Waals surface area contributed by atoms with Crippen molar-refractivity contribution in [1.82, 2.24) is 4.98 Å². The number of nitrogens with one attached hydrogen (secondary N) is 1. The Labute approximate surface area is 120 Å². The Bertz CT molecular complexity index is 597. The van der Waals surface area contributed by atoms with Crippen LogP contribution in [-0.2, 0) is 0 Å². The van der Waals surface area contributed by atoms with Crippen LogP contribution in [0.4, 0.5) is 4.39 Å². The molecule has 20 heavy (non-hydrogen) atoms. The molecular formula is C18H24FN. The van der Waals surface area contributed by atoms with Gasteiger partial charge in [-0.1, -0.05) is 32.9 Å². The van der Waals surface area contributed by atoms with Crippen molar-refractivity contribution >= 4 is 10.9 Å². The van der Waals surface area contributed by atoms with Crippen LogP contribution in [0.1, 0.15) is 57.9 Å². The number of hydrogen-bond acceptors (Lipinski definition) is 0. The Morgan fingerprint density at radius 3 is 2.45 bits per heavy atom. The molecule has 0 aliphatic heterocycles. The van der Waals surface area contributed by atoms with E-state index >= 15 is 0 Å². The van der Waals surface area contributed by atoms with Gasteiger partial charge >= 0.3 is 0 Å². The Morgan fingerprint density at radius 1 is 1.10 bits per heavy atom. The van der Waals surface area contributed by atoms with Gasteiger partial charge < -0.3 is 4.98 Å². The number of benzene rings is 1. The van der Waals surface area contributed by atoms with Gasteiger partial charge in [0.15, 0.2) is 0 Å². The van der Waals surface area contributed by atoms with Crippen molar-refractivity contribution in [3.63, 3.8) is 0 Å². The van der Waals surface area contributed by atoms with Gasteiger partial charge in [0.2, 0.25) is 0 Å². The van der Waals surface area contributed by atoms with Crippen LogP contribution >= 0.6 is 0 Å². The molecule has 1 saturated carbocycles. The highest BCUT2D eigenvalue weighted by Crippen LogP contribution is 2.44. The third kappa shape index (κ3) is 2.36. The molecule has 1 heterocycles. The minimum absolute atomic E-state index is 0.142. The van der Waals surface area contributed by atoms with Gasteiger partial charge in [0, 0.05) is 11.6 Å². The van der Waals surface area contributed by atoms with Gasteiger partial charge in [-0.3, -0.25) is 0 Å². The topological polar surface area (TPSA) is 15.8 Å². The van der Waals surface area contributed by atoms with Crippen molar-refractivity contribution in [1.29, 1.82) is 0 Å². The van der Waals surface area contributed by atoms with E-state index in [1.54, 1.807) is 0 Å². The van der Waals surface area contributed by atoms with E-state index in [0.29, 0.717) is 16.8 Å². The normalized spacial score (nSPS) is 24.2. The molecule has 2 heteroatoms. The number of rotatable bonds is 1. The van der Waals surface area contributed by atoms with E-state index in [1.165, 1.54) is 37.3 Å². The van der Waals surface area contributed by atoms with Crippen LogP contribution in [0.3, 0.4) is 0 Å². The van der Waals surface area contributed by atoms with Gasteiger partial charge in [0.1, 0.15) is 5.82 Å². The summed E-state index contributed by atoms with van der Waals surface area (Å²) < 4.78 is 13.8. The monoisotopic (exact) mass is 273 g/mol. The Balaban J connectivity index is 1.82. The molecule has 1 nitrogen and oxygen atoms in total.